The van der Waals surface area contributed by atoms with Gasteiger partial charge >= 0.3 is 0 Å². The molecule has 0 saturated carbocycles. The Morgan fingerprint density at radius 1 is 1.17 bits per heavy atom. The topological polar surface area (TPSA) is 143 Å². The number of amidine groups is 1. The number of hydrogen-bond donors (Lipinski definition) is 4. The molecule has 0 aliphatic carbocycles. The van der Waals surface area contributed by atoms with Crippen molar-refractivity contribution in [1.29, 1.82) is 0 Å². The number of nitrogens with zero attached hydrogens (tertiary/aromatic N) is 4. The van der Waals surface area contributed by atoms with Gasteiger partial charge in [-0.25, -0.2) is 15.0 Å². The van der Waals surface area contributed by atoms with E-state index < -0.39 is 0 Å². The lowest BCUT2D eigenvalue weighted by Crippen LogP contribution is -2.37. The summed E-state index contributed by atoms with van der Waals surface area (Å²) in [4.78, 5) is 29.0. The van der Waals surface area contributed by atoms with E-state index in [0.717, 1.165) is 30.2 Å². The number of anilines is 2. The number of hydrogen-bond acceptors (Lipinski definition) is 8. The van der Waals surface area contributed by atoms with Gasteiger partial charge in [0.15, 0.2) is 11.0 Å². The quantitative estimate of drug-likeness (QED) is 0.205. The summed E-state index contributed by atoms with van der Waals surface area (Å²) in [6, 6.07) is 16.0. The third-order valence-corrected chi connectivity index (χ3v) is 6.26. The molecule has 0 radical (unpaired) electrons. The van der Waals surface area contributed by atoms with Crippen LogP contribution in [0.25, 0.3) is 0 Å². The minimum atomic E-state index is -0.311. The number of aliphatic hydroxyl groups excluding tert-OH is 1. The van der Waals surface area contributed by atoms with Crippen LogP contribution in [0.3, 0.4) is 0 Å². The normalized spacial score (nSPS) is 13.9. The summed E-state index contributed by atoms with van der Waals surface area (Å²) < 4.78 is 0. The summed E-state index contributed by atoms with van der Waals surface area (Å²) in [5.74, 6) is 1.02. The molecule has 1 amide bonds. The number of nitrogens with two attached hydrogens (primary N) is 2. The van der Waals surface area contributed by atoms with Gasteiger partial charge in [-0.2, -0.15) is 0 Å². The second kappa shape index (κ2) is 11.2. The molecule has 1 fully saturated rings. The van der Waals surface area contributed by atoms with Gasteiger partial charge in [-0.05, 0) is 54.6 Å². The Kier molecular flexibility index (Phi) is 7.86. The van der Waals surface area contributed by atoms with Crippen LogP contribution in [-0.4, -0.2) is 46.5 Å². The molecule has 1 aromatic heterocycles. The maximum absolute atomic E-state index is 12.5. The molecule has 1 saturated heterocycles. The highest BCUT2D eigenvalue weighted by Crippen LogP contribution is 2.31. The summed E-state index contributed by atoms with van der Waals surface area (Å²) in [7, 11) is 0. The monoisotopic (exact) mass is 509 g/mol. The summed E-state index contributed by atoms with van der Waals surface area (Å²) in [6.07, 6.45) is 2.50. The van der Waals surface area contributed by atoms with Crippen molar-refractivity contribution in [3.63, 3.8) is 0 Å². The first-order valence-corrected chi connectivity index (χ1v) is 12.0. The molecule has 180 valence electrons. The Morgan fingerprint density at radius 3 is 2.57 bits per heavy atom. The smallest absolute Gasteiger partial charge is 0.257 e. The fourth-order valence-electron chi connectivity index (χ4n) is 3.17. The Bertz CT molecular complexity index is 1280. The van der Waals surface area contributed by atoms with Crippen molar-refractivity contribution < 1.29 is 9.90 Å². The van der Waals surface area contributed by atoms with Crippen molar-refractivity contribution in [2.24, 2.45) is 16.5 Å². The number of carbonyl (C=O) groups excluding carboxylic acids is 1. The van der Waals surface area contributed by atoms with E-state index in [-0.39, 0.29) is 24.0 Å². The first-order chi connectivity index (χ1) is 16.9. The van der Waals surface area contributed by atoms with Gasteiger partial charge in [0.05, 0.1) is 17.2 Å². The Morgan fingerprint density at radius 2 is 1.91 bits per heavy atom. The maximum Gasteiger partial charge on any atom is 0.257 e. The van der Waals surface area contributed by atoms with Gasteiger partial charge in [0.25, 0.3) is 5.91 Å². The van der Waals surface area contributed by atoms with E-state index in [1.807, 2.05) is 12.1 Å². The minimum Gasteiger partial charge on any atom is -0.400 e. The van der Waals surface area contributed by atoms with Gasteiger partial charge in [0.1, 0.15) is 11.7 Å². The number of carbonyl (C=O) groups is 1. The third-order valence-electron chi connectivity index (χ3n) is 5.06. The van der Waals surface area contributed by atoms with Crippen molar-refractivity contribution in [3.05, 3.63) is 77.0 Å². The van der Waals surface area contributed by atoms with Crippen LogP contribution in [0.1, 0.15) is 16.8 Å². The number of aliphatic hydroxyl groups is 1. The largest absolute Gasteiger partial charge is 0.400 e. The van der Waals surface area contributed by atoms with Gasteiger partial charge in [-0.3, -0.25) is 4.79 Å². The van der Waals surface area contributed by atoms with E-state index in [9.17, 15) is 4.79 Å². The second-order valence-electron chi connectivity index (χ2n) is 7.68. The number of benzene rings is 2. The van der Waals surface area contributed by atoms with E-state index in [1.165, 1.54) is 17.8 Å². The first-order valence-electron chi connectivity index (χ1n) is 10.8. The van der Waals surface area contributed by atoms with Crippen molar-refractivity contribution in [3.8, 4) is 0 Å². The second-order valence-corrected chi connectivity index (χ2v) is 9.13. The Hall–Kier alpha value is -3.60. The number of aromatic nitrogens is 2. The van der Waals surface area contributed by atoms with E-state index in [4.69, 9.17) is 28.2 Å². The molecule has 3 aromatic rings. The van der Waals surface area contributed by atoms with Crippen LogP contribution in [0.15, 0.2) is 81.4 Å². The van der Waals surface area contributed by atoms with Crippen molar-refractivity contribution in [2.45, 2.75) is 16.5 Å². The lowest BCUT2D eigenvalue weighted by Gasteiger charge is -2.32. The van der Waals surface area contributed by atoms with Crippen LogP contribution < -0.4 is 21.7 Å². The molecule has 2 heterocycles. The van der Waals surface area contributed by atoms with Crippen LogP contribution in [0.2, 0.25) is 5.02 Å². The van der Waals surface area contributed by atoms with Crippen molar-refractivity contribution in [2.75, 3.05) is 29.9 Å². The highest BCUT2D eigenvalue weighted by molar-refractivity contribution is 7.99. The zero-order chi connectivity index (χ0) is 24.8. The Labute approximate surface area is 211 Å². The molecule has 1 aliphatic rings. The zero-order valence-corrected chi connectivity index (χ0v) is 20.3. The summed E-state index contributed by atoms with van der Waals surface area (Å²) >= 11 is 7.47. The van der Waals surface area contributed by atoms with Gasteiger partial charge in [-0.1, -0.05) is 23.7 Å². The van der Waals surface area contributed by atoms with Crippen LogP contribution in [0.5, 0.6) is 0 Å². The van der Waals surface area contributed by atoms with Crippen molar-refractivity contribution >= 4 is 52.4 Å². The summed E-state index contributed by atoms with van der Waals surface area (Å²) in [6.45, 7) is 1.52. The number of aliphatic imine (C=N–C) groups is 1. The highest BCUT2D eigenvalue weighted by atomic mass is 35.5. The van der Waals surface area contributed by atoms with Gasteiger partial charge in [-0.15, -0.1) is 0 Å². The molecule has 35 heavy (non-hydrogen) atoms. The average molecular weight is 510 g/mol. The Balaban J connectivity index is 1.51. The molecule has 0 spiro atoms. The molecule has 11 heteroatoms. The number of rotatable bonds is 8. The van der Waals surface area contributed by atoms with E-state index >= 15 is 0 Å². The number of nitrogens with one attached hydrogen (secondary N) is 1. The SMILES string of the molecule is N/C(=C\C(N)=N\c1cc(N2CCC2)nc(Sc2ccc(NC(=O)c3ccccc3Cl)cc2)n1)CO. The van der Waals surface area contributed by atoms with Crippen LogP contribution in [0.4, 0.5) is 17.3 Å². The standard InChI is InChI=1S/C24H24ClN7O2S/c25-19-5-2-1-4-18(19)23(34)28-16-6-8-17(9-7-16)35-24-30-21(29-20(27)12-15(26)14-33)13-22(31-24)32-10-3-11-32/h1-2,4-9,12-13,33H,3,10-11,14,26H2,(H,28,34)(H2,27,29,30,31)/b15-12-. The fraction of sp³-hybridized carbons (Fsp3) is 0.167. The number of amides is 1. The lowest BCUT2D eigenvalue weighted by atomic mass is 10.2. The molecule has 1 aliphatic heterocycles. The van der Waals surface area contributed by atoms with E-state index in [2.05, 4.69) is 25.2 Å². The summed E-state index contributed by atoms with van der Waals surface area (Å²) in [5, 5.41) is 12.8. The molecule has 9 nitrogen and oxygen atoms in total. The first kappa shape index (κ1) is 24.5. The number of halogens is 1. The molecule has 4 rings (SSSR count). The van der Waals surface area contributed by atoms with E-state index in [0.29, 0.717) is 27.2 Å². The summed E-state index contributed by atoms with van der Waals surface area (Å²) in [5.41, 5.74) is 12.8. The van der Waals surface area contributed by atoms with Crippen LogP contribution >= 0.6 is 23.4 Å². The van der Waals surface area contributed by atoms with Gasteiger partial charge in [0.2, 0.25) is 0 Å². The molecule has 6 N–H and O–H groups in total. The third kappa shape index (κ3) is 6.50. The van der Waals surface area contributed by atoms with Crippen LogP contribution in [0, 0.1) is 0 Å². The fourth-order valence-corrected chi connectivity index (χ4v) is 4.15. The lowest BCUT2D eigenvalue weighted by molar-refractivity contribution is 0.102. The molecule has 2 aromatic carbocycles. The molecule has 0 bridgehead atoms. The molecular formula is C24H24ClN7O2S. The molecular weight excluding hydrogens is 486 g/mol. The van der Waals surface area contributed by atoms with Crippen molar-refractivity contribution in [1.82, 2.24) is 9.97 Å². The van der Waals surface area contributed by atoms with Crippen LogP contribution in [-0.2, 0) is 0 Å². The van der Waals surface area contributed by atoms with E-state index in [1.54, 1.807) is 42.5 Å². The van der Waals surface area contributed by atoms with Gasteiger partial charge in [0, 0.05) is 41.5 Å². The van der Waals surface area contributed by atoms with Gasteiger partial charge < -0.3 is 26.8 Å². The highest BCUT2D eigenvalue weighted by Gasteiger charge is 2.18. The average Bonchev–Trinajstić information content (AvgIpc) is 2.79. The zero-order valence-electron chi connectivity index (χ0n) is 18.7. The minimum absolute atomic E-state index is 0.138. The molecule has 0 unspecified atom stereocenters. The predicted molar refractivity (Wildman–Crippen MR) is 139 cm³/mol. The maximum atomic E-state index is 12.5. The molecule has 0 atom stereocenters. The predicted octanol–water partition coefficient (Wildman–Crippen LogP) is 3.57.